The van der Waals surface area contributed by atoms with E-state index in [0.717, 1.165) is 33.5 Å². The molecule has 6 nitrogen and oxygen atoms in total. The molecule has 27 heavy (non-hydrogen) atoms. The SMILES string of the molecule is CC(=O)N(c1nc(CSc2nnc(C)n2C)cs1)c1c(C)cc(C)cc1C. The number of carbonyl (C=O) groups is 1. The van der Waals surface area contributed by atoms with E-state index in [9.17, 15) is 4.79 Å². The molecule has 2 heterocycles. The molecule has 0 bridgehead atoms. The molecule has 2 aromatic heterocycles. The van der Waals surface area contributed by atoms with Crippen molar-refractivity contribution in [1.82, 2.24) is 19.7 Å². The summed E-state index contributed by atoms with van der Waals surface area (Å²) in [7, 11) is 1.95. The first kappa shape index (κ1) is 19.6. The number of hydrogen-bond acceptors (Lipinski definition) is 6. The van der Waals surface area contributed by atoms with E-state index in [1.807, 2.05) is 37.8 Å². The number of carbonyl (C=O) groups excluding carboxylic acids is 1. The third kappa shape index (κ3) is 4.06. The first-order valence-corrected chi connectivity index (χ1v) is 10.5. The molecule has 0 N–H and O–H groups in total. The van der Waals surface area contributed by atoms with Crippen LogP contribution in [0.5, 0.6) is 0 Å². The van der Waals surface area contributed by atoms with Gasteiger partial charge < -0.3 is 4.57 Å². The van der Waals surface area contributed by atoms with Crippen molar-refractivity contribution in [1.29, 1.82) is 0 Å². The van der Waals surface area contributed by atoms with Gasteiger partial charge in [0, 0.05) is 25.1 Å². The van der Waals surface area contributed by atoms with Crippen molar-refractivity contribution in [2.75, 3.05) is 4.90 Å². The highest BCUT2D eigenvalue weighted by Crippen LogP contribution is 2.35. The van der Waals surface area contributed by atoms with Gasteiger partial charge in [-0.3, -0.25) is 9.69 Å². The second kappa shape index (κ2) is 7.82. The summed E-state index contributed by atoms with van der Waals surface area (Å²) in [6.07, 6.45) is 0. The number of nitrogens with zero attached hydrogens (tertiary/aromatic N) is 5. The van der Waals surface area contributed by atoms with E-state index in [0.29, 0.717) is 10.9 Å². The number of rotatable bonds is 5. The van der Waals surface area contributed by atoms with Crippen LogP contribution in [0.15, 0.2) is 22.7 Å². The van der Waals surface area contributed by atoms with Gasteiger partial charge in [-0.1, -0.05) is 29.5 Å². The Kier molecular flexibility index (Phi) is 5.67. The van der Waals surface area contributed by atoms with Gasteiger partial charge in [0.15, 0.2) is 10.3 Å². The van der Waals surface area contributed by atoms with Gasteiger partial charge in [0.05, 0.1) is 11.4 Å². The zero-order chi connectivity index (χ0) is 19.7. The smallest absolute Gasteiger partial charge is 0.230 e. The molecule has 0 saturated carbocycles. The predicted octanol–water partition coefficient (Wildman–Crippen LogP) is 4.48. The molecule has 1 aromatic carbocycles. The lowest BCUT2D eigenvalue weighted by Gasteiger charge is -2.23. The Morgan fingerprint density at radius 3 is 2.41 bits per heavy atom. The zero-order valence-corrected chi connectivity index (χ0v) is 18.0. The molecule has 0 atom stereocenters. The minimum Gasteiger partial charge on any atom is -0.309 e. The summed E-state index contributed by atoms with van der Waals surface area (Å²) >= 11 is 3.07. The highest BCUT2D eigenvalue weighted by Gasteiger charge is 2.22. The zero-order valence-electron chi connectivity index (χ0n) is 16.4. The number of thioether (sulfide) groups is 1. The molecular formula is C19H23N5OS2. The summed E-state index contributed by atoms with van der Waals surface area (Å²) in [6, 6.07) is 4.19. The molecule has 3 rings (SSSR count). The fourth-order valence-corrected chi connectivity index (χ4v) is 4.86. The summed E-state index contributed by atoms with van der Waals surface area (Å²) < 4.78 is 1.96. The van der Waals surface area contributed by atoms with Crippen LogP contribution in [0, 0.1) is 27.7 Å². The Balaban J connectivity index is 1.86. The van der Waals surface area contributed by atoms with Crippen LogP contribution in [0.25, 0.3) is 0 Å². The molecule has 0 fully saturated rings. The lowest BCUT2D eigenvalue weighted by atomic mass is 10.0. The van der Waals surface area contributed by atoms with E-state index >= 15 is 0 Å². The van der Waals surface area contributed by atoms with Crippen molar-refractivity contribution in [3.05, 3.63) is 45.7 Å². The third-order valence-electron chi connectivity index (χ3n) is 4.31. The molecule has 0 aliphatic heterocycles. The number of hydrogen-bond donors (Lipinski definition) is 0. The Bertz CT molecular complexity index is 969. The maximum atomic E-state index is 12.4. The normalized spacial score (nSPS) is 11.0. The minimum absolute atomic E-state index is 0.0393. The molecule has 1 amide bonds. The Labute approximate surface area is 167 Å². The molecule has 0 spiro atoms. The van der Waals surface area contributed by atoms with Crippen LogP contribution in [-0.2, 0) is 17.6 Å². The standard InChI is InChI=1S/C19H23N5OS2/c1-11-7-12(2)17(13(3)8-11)24(15(5)25)18-20-16(9-26-18)10-27-19-22-21-14(4)23(19)6/h7-9H,10H2,1-6H3. The van der Waals surface area contributed by atoms with Crippen LogP contribution in [0.3, 0.4) is 0 Å². The number of anilines is 2. The molecule has 8 heteroatoms. The van der Waals surface area contributed by atoms with Gasteiger partial charge in [0.25, 0.3) is 0 Å². The van der Waals surface area contributed by atoms with E-state index < -0.39 is 0 Å². The van der Waals surface area contributed by atoms with E-state index in [4.69, 9.17) is 4.98 Å². The summed E-state index contributed by atoms with van der Waals surface area (Å²) in [5, 5.41) is 11.8. The number of thiazole rings is 1. The van der Waals surface area contributed by atoms with Crippen LogP contribution >= 0.6 is 23.1 Å². The molecule has 0 radical (unpaired) electrons. The highest BCUT2D eigenvalue weighted by atomic mass is 32.2. The van der Waals surface area contributed by atoms with Gasteiger partial charge in [-0.2, -0.15) is 0 Å². The van der Waals surface area contributed by atoms with Gasteiger partial charge in [0.2, 0.25) is 5.91 Å². The van der Waals surface area contributed by atoms with Gasteiger partial charge in [-0.15, -0.1) is 21.5 Å². The molecule has 3 aromatic rings. The maximum absolute atomic E-state index is 12.4. The van der Waals surface area contributed by atoms with Crippen LogP contribution < -0.4 is 4.90 Å². The van der Waals surface area contributed by atoms with Gasteiger partial charge in [0.1, 0.15) is 5.82 Å². The first-order chi connectivity index (χ1) is 12.8. The Hall–Kier alpha value is -2.19. The summed E-state index contributed by atoms with van der Waals surface area (Å²) in [5.74, 6) is 1.52. The number of aromatic nitrogens is 4. The van der Waals surface area contributed by atoms with Crippen molar-refractivity contribution in [2.45, 2.75) is 45.5 Å². The topological polar surface area (TPSA) is 63.9 Å². The van der Waals surface area contributed by atoms with Crippen molar-refractivity contribution < 1.29 is 4.79 Å². The van der Waals surface area contributed by atoms with Crippen molar-refractivity contribution in [2.24, 2.45) is 7.05 Å². The average molecular weight is 402 g/mol. The molecule has 0 aliphatic rings. The first-order valence-electron chi connectivity index (χ1n) is 8.59. The lowest BCUT2D eigenvalue weighted by molar-refractivity contribution is -0.115. The molecule has 0 unspecified atom stereocenters. The Morgan fingerprint density at radius 2 is 1.85 bits per heavy atom. The lowest BCUT2D eigenvalue weighted by Crippen LogP contribution is -2.24. The van der Waals surface area contributed by atoms with E-state index in [1.165, 1.54) is 16.9 Å². The molecule has 142 valence electrons. The number of amides is 1. The largest absolute Gasteiger partial charge is 0.309 e. The van der Waals surface area contributed by atoms with Crippen molar-refractivity contribution >= 4 is 39.8 Å². The molecule has 0 saturated heterocycles. The van der Waals surface area contributed by atoms with E-state index in [-0.39, 0.29) is 5.91 Å². The number of aryl methyl sites for hydroxylation is 4. The highest BCUT2D eigenvalue weighted by molar-refractivity contribution is 7.98. The monoisotopic (exact) mass is 401 g/mol. The fourth-order valence-electron chi connectivity index (χ4n) is 3.03. The van der Waals surface area contributed by atoms with Gasteiger partial charge >= 0.3 is 0 Å². The van der Waals surface area contributed by atoms with Crippen molar-refractivity contribution in [3.63, 3.8) is 0 Å². The van der Waals surface area contributed by atoms with Crippen LogP contribution in [0.1, 0.15) is 35.1 Å². The van der Waals surface area contributed by atoms with E-state index in [2.05, 4.69) is 29.3 Å². The summed E-state index contributed by atoms with van der Waals surface area (Å²) in [4.78, 5) is 18.9. The molecule has 0 aliphatic carbocycles. The van der Waals surface area contributed by atoms with Gasteiger partial charge in [-0.05, 0) is 38.8 Å². The quantitative estimate of drug-likeness (QED) is 0.590. The maximum Gasteiger partial charge on any atom is 0.230 e. The predicted molar refractivity (Wildman–Crippen MR) is 111 cm³/mol. The molecular weight excluding hydrogens is 378 g/mol. The van der Waals surface area contributed by atoms with Gasteiger partial charge in [-0.25, -0.2) is 4.98 Å². The Morgan fingerprint density at radius 1 is 1.19 bits per heavy atom. The van der Waals surface area contributed by atoms with Crippen molar-refractivity contribution in [3.8, 4) is 0 Å². The van der Waals surface area contributed by atoms with Crippen LogP contribution in [-0.4, -0.2) is 25.7 Å². The summed E-state index contributed by atoms with van der Waals surface area (Å²) in [6.45, 7) is 9.64. The summed E-state index contributed by atoms with van der Waals surface area (Å²) in [5.41, 5.74) is 5.18. The third-order valence-corrected chi connectivity index (χ3v) is 6.23. The fraction of sp³-hybridized carbons (Fsp3) is 0.368. The second-order valence-corrected chi connectivity index (χ2v) is 8.38. The van der Waals surface area contributed by atoms with Crippen LogP contribution in [0.2, 0.25) is 0 Å². The second-order valence-electron chi connectivity index (χ2n) is 6.60. The average Bonchev–Trinajstić information content (AvgIpc) is 3.16. The van der Waals surface area contributed by atoms with E-state index in [1.54, 1.807) is 23.6 Å². The minimum atomic E-state index is -0.0393. The van der Waals surface area contributed by atoms with Crippen LogP contribution in [0.4, 0.5) is 10.8 Å². The number of benzene rings is 1.